The van der Waals surface area contributed by atoms with E-state index in [4.69, 9.17) is 4.74 Å². The van der Waals surface area contributed by atoms with Crippen molar-refractivity contribution in [2.45, 2.75) is 85.0 Å². The van der Waals surface area contributed by atoms with Crippen LogP contribution in [-0.4, -0.2) is 12.6 Å². The van der Waals surface area contributed by atoms with E-state index in [2.05, 4.69) is 50.3 Å². The molecule has 0 saturated carbocycles. The van der Waals surface area contributed by atoms with Gasteiger partial charge >= 0.3 is 5.97 Å². The number of hydrogen-bond donors (Lipinski definition) is 0. The molecule has 0 heterocycles. The maximum atomic E-state index is 11.8. The zero-order chi connectivity index (χ0) is 18.4. The molecule has 1 aliphatic rings. The van der Waals surface area contributed by atoms with Gasteiger partial charge in [-0.05, 0) is 39.0 Å². The summed E-state index contributed by atoms with van der Waals surface area (Å²) in [5, 5.41) is 0. The molecule has 1 unspecified atom stereocenters. The standard InChI is InChI=1S/C23H38O2/c1-4-7-17-23(19-14-11-15-20-23)18-13-10-8-9-12-16-21(5-2)22(24)25-6-3/h7,14-15,17,19-21H,4-6,8-13,16,18H2,1-3H3/b17-7-. The van der Waals surface area contributed by atoms with Crippen LogP contribution in [0.2, 0.25) is 0 Å². The van der Waals surface area contributed by atoms with E-state index in [9.17, 15) is 4.79 Å². The molecule has 0 amide bonds. The average molecular weight is 347 g/mol. The van der Waals surface area contributed by atoms with E-state index in [1.54, 1.807) is 0 Å². The molecule has 0 fully saturated rings. The van der Waals surface area contributed by atoms with Gasteiger partial charge in [0, 0.05) is 5.41 Å². The van der Waals surface area contributed by atoms with E-state index >= 15 is 0 Å². The zero-order valence-corrected chi connectivity index (χ0v) is 16.6. The minimum Gasteiger partial charge on any atom is -0.466 e. The molecular weight excluding hydrogens is 308 g/mol. The van der Waals surface area contributed by atoms with Gasteiger partial charge in [0.25, 0.3) is 0 Å². The lowest BCUT2D eigenvalue weighted by molar-refractivity contribution is -0.148. The minimum absolute atomic E-state index is 0.00877. The number of ether oxygens (including phenoxy) is 1. The molecule has 0 aliphatic heterocycles. The van der Waals surface area contributed by atoms with Crippen molar-refractivity contribution in [3.8, 4) is 0 Å². The summed E-state index contributed by atoms with van der Waals surface area (Å²) < 4.78 is 5.14. The van der Waals surface area contributed by atoms with Crippen LogP contribution in [0, 0.1) is 11.3 Å². The summed E-state index contributed by atoms with van der Waals surface area (Å²) in [6, 6.07) is 0. The Kier molecular flexibility index (Phi) is 11.3. The number of carbonyl (C=O) groups excluding carboxylic acids is 1. The van der Waals surface area contributed by atoms with Gasteiger partial charge in [-0.2, -0.15) is 0 Å². The highest BCUT2D eigenvalue weighted by Gasteiger charge is 2.21. The second-order valence-corrected chi connectivity index (χ2v) is 7.13. The molecule has 2 nitrogen and oxygen atoms in total. The summed E-state index contributed by atoms with van der Waals surface area (Å²) in [5.74, 6) is 0.0884. The summed E-state index contributed by atoms with van der Waals surface area (Å²) in [5.41, 5.74) is 0.158. The van der Waals surface area contributed by atoms with E-state index in [0.29, 0.717) is 6.61 Å². The fraction of sp³-hybridized carbons (Fsp3) is 0.696. The number of rotatable bonds is 13. The van der Waals surface area contributed by atoms with Crippen molar-refractivity contribution in [2.75, 3.05) is 6.61 Å². The van der Waals surface area contributed by atoms with Crippen LogP contribution in [0.1, 0.15) is 85.0 Å². The molecule has 2 heteroatoms. The number of allylic oxidation sites excluding steroid dienone is 6. The highest BCUT2D eigenvalue weighted by molar-refractivity contribution is 5.72. The molecule has 0 spiro atoms. The highest BCUT2D eigenvalue weighted by atomic mass is 16.5. The van der Waals surface area contributed by atoms with Gasteiger partial charge in [0.15, 0.2) is 0 Å². The Hall–Kier alpha value is -1.31. The molecule has 0 aromatic carbocycles. The number of unbranched alkanes of at least 4 members (excludes halogenated alkanes) is 4. The van der Waals surface area contributed by atoms with Crippen LogP contribution in [0.3, 0.4) is 0 Å². The third-order valence-corrected chi connectivity index (χ3v) is 5.07. The first kappa shape index (κ1) is 21.7. The Morgan fingerprint density at radius 2 is 1.76 bits per heavy atom. The molecule has 0 radical (unpaired) electrons. The van der Waals surface area contributed by atoms with Crippen LogP contribution in [-0.2, 0) is 9.53 Å². The van der Waals surface area contributed by atoms with Crippen molar-refractivity contribution in [1.82, 2.24) is 0 Å². The van der Waals surface area contributed by atoms with Crippen molar-refractivity contribution in [2.24, 2.45) is 11.3 Å². The molecule has 0 saturated heterocycles. The van der Waals surface area contributed by atoms with E-state index < -0.39 is 0 Å². The molecule has 0 N–H and O–H groups in total. The predicted molar refractivity (Wildman–Crippen MR) is 107 cm³/mol. The van der Waals surface area contributed by atoms with Gasteiger partial charge in [-0.1, -0.05) is 82.4 Å². The molecule has 142 valence electrons. The van der Waals surface area contributed by atoms with E-state index in [0.717, 1.165) is 32.1 Å². The van der Waals surface area contributed by atoms with Crippen LogP contribution in [0.5, 0.6) is 0 Å². The smallest absolute Gasteiger partial charge is 0.308 e. The average Bonchev–Trinajstić information content (AvgIpc) is 2.63. The molecular formula is C23H38O2. The number of esters is 1. The third-order valence-electron chi connectivity index (χ3n) is 5.07. The van der Waals surface area contributed by atoms with Crippen molar-refractivity contribution in [1.29, 1.82) is 0 Å². The van der Waals surface area contributed by atoms with Crippen LogP contribution in [0.25, 0.3) is 0 Å². The summed E-state index contributed by atoms with van der Waals surface area (Å²) in [6.07, 6.45) is 25.4. The lowest BCUT2D eigenvalue weighted by atomic mass is 9.79. The number of carbonyl (C=O) groups is 1. The van der Waals surface area contributed by atoms with E-state index in [1.165, 1.54) is 32.1 Å². The minimum atomic E-state index is -0.00877. The van der Waals surface area contributed by atoms with Gasteiger partial charge in [-0.25, -0.2) is 0 Å². The van der Waals surface area contributed by atoms with Crippen molar-refractivity contribution < 1.29 is 9.53 Å². The van der Waals surface area contributed by atoms with Gasteiger partial charge in [0.05, 0.1) is 12.5 Å². The summed E-state index contributed by atoms with van der Waals surface area (Å²) >= 11 is 0. The topological polar surface area (TPSA) is 26.3 Å². The summed E-state index contributed by atoms with van der Waals surface area (Å²) in [6.45, 7) is 6.65. The van der Waals surface area contributed by atoms with E-state index in [1.807, 2.05) is 6.92 Å². The molecule has 0 aromatic rings. The SMILES string of the molecule is CC/C=C\C1(CCCCCCCC(CC)C(=O)OCC)C=CCC=C1. The third kappa shape index (κ3) is 8.56. The Bertz CT molecular complexity index is 433. The maximum Gasteiger partial charge on any atom is 0.308 e. The molecule has 0 bridgehead atoms. The number of hydrogen-bond acceptors (Lipinski definition) is 2. The van der Waals surface area contributed by atoms with Crippen LogP contribution < -0.4 is 0 Å². The van der Waals surface area contributed by atoms with E-state index in [-0.39, 0.29) is 17.3 Å². The van der Waals surface area contributed by atoms with Crippen LogP contribution in [0.15, 0.2) is 36.5 Å². The van der Waals surface area contributed by atoms with Crippen molar-refractivity contribution in [3.05, 3.63) is 36.5 Å². The monoisotopic (exact) mass is 346 g/mol. The van der Waals surface area contributed by atoms with Gasteiger partial charge in [0.1, 0.15) is 0 Å². The summed E-state index contributed by atoms with van der Waals surface area (Å²) in [4.78, 5) is 11.8. The van der Waals surface area contributed by atoms with Gasteiger partial charge < -0.3 is 4.74 Å². The van der Waals surface area contributed by atoms with Gasteiger partial charge in [-0.3, -0.25) is 4.79 Å². The quantitative estimate of drug-likeness (QED) is 0.209. The summed E-state index contributed by atoms with van der Waals surface area (Å²) in [7, 11) is 0. The first-order valence-electron chi connectivity index (χ1n) is 10.4. The molecule has 1 aliphatic carbocycles. The highest BCUT2D eigenvalue weighted by Crippen LogP contribution is 2.33. The zero-order valence-electron chi connectivity index (χ0n) is 16.6. The largest absolute Gasteiger partial charge is 0.466 e. The van der Waals surface area contributed by atoms with Crippen LogP contribution >= 0.6 is 0 Å². The predicted octanol–water partition coefficient (Wildman–Crippen LogP) is 6.78. The lowest BCUT2D eigenvalue weighted by Crippen LogP contribution is -2.17. The lowest BCUT2D eigenvalue weighted by Gasteiger charge is -2.26. The first-order valence-corrected chi connectivity index (χ1v) is 10.4. The second kappa shape index (κ2) is 13.0. The molecule has 25 heavy (non-hydrogen) atoms. The first-order chi connectivity index (χ1) is 12.2. The Labute approximate surface area is 155 Å². The van der Waals surface area contributed by atoms with Crippen molar-refractivity contribution in [3.63, 3.8) is 0 Å². The Morgan fingerprint density at radius 1 is 1.08 bits per heavy atom. The fourth-order valence-corrected chi connectivity index (χ4v) is 3.51. The molecule has 0 aromatic heterocycles. The van der Waals surface area contributed by atoms with Gasteiger partial charge in [0.2, 0.25) is 0 Å². The van der Waals surface area contributed by atoms with Crippen LogP contribution in [0.4, 0.5) is 0 Å². The molecule has 1 rings (SSSR count). The normalized spacial score (nSPS) is 17.1. The van der Waals surface area contributed by atoms with Crippen molar-refractivity contribution >= 4 is 5.97 Å². The Morgan fingerprint density at radius 3 is 2.40 bits per heavy atom. The molecule has 1 atom stereocenters. The fourth-order valence-electron chi connectivity index (χ4n) is 3.51. The Balaban J connectivity index is 2.21. The second-order valence-electron chi connectivity index (χ2n) is 7.13. The maximum absolute atomic E-state index is 11.8. The van der Waals surface area contributed by atoms with Gasteiger partial charge in [-0.15, -0.1) is 0 Å².